The third kappa shape index (κ3) is 5.02. The molecule has 0 fully saturated rings. The van der Waals surface area contributed by atoms with Crippen LogP contribution in [-0.2, 0) is 5.41 Å². The highest BCUT2D eigenvalue weighted by atomic mass is 79.9. The van der Waals surface area contributed by atoms with E-state index >= 15 is 0 Å². The Hall–Kier alpha value is -1.04. The quantitative estimate of drug-likeness (QED) is 0.747. The van der Waals surface area contributed by atoms with Crippen LogP contribution >= 0.6 is 15.9 Å². The Bertz CT molecular complexity index is 552. The van der Waals surface area contributed by atoms with E-state index in [1.165, 1.54) is 5.56 Å². The van der Waals surface area contributed by atoms with Gasteiger partial charge in [0.1, 0.15) is 0 Å². The summed E-state index contributed by atoms with van der Waals surface area (Å²) in [6.07, 6.45) is 3.38. The predicted molar refractivity (Wildman–Crippen MR) is 94.6 cm³/mol. The van der Waals surface area contributed by atoms with Crippen molar-refractivity contribution in [2.75, 3.05) is 0 Å². The first kappa shape index (κ1) is 18.0. The standard InChI is InChI=1S/C19H25BrO/c1-6-8-17(20)19(21,7-2)14-13-15-9-11-16(12-10-15)18(3,4)5/h8-12,21H,6-7H2,1-5H3/b17-8+. The molecule has 1 rings (SSSR count). The van der Waals surface area contributed by atoms with E-state index in [1.807, 2.05) is 32.1 Å². The third-order valence-corrected chi connectivity index (χ3v) is 4.43. The molecule has 1 nitrogen and oxygen atoms in total. The van der Waals surface area contributed by atoms with Crippen molar-refractivity contribution in [3.05, 3.63) is 46.0 Å². The number of hydrogen-bond acceptors (Lipinski definition) is 1. The molecular weight excluding hydrogens is 324 g/mol. The Kier molecular flexibility index (Phi) is 6.25. The van der Waals surface area contributed by atoms with Crippen molar-refractivity contribution < 1.29 is 5.11 Å². The molecule has 1 aromatic carbocycles. The van der Waals surface area contributed by atoms with Gasteiger partial charge in [0.2, 0.25) is 0 Å². The number of aliphatic hydroxyl groups is 1. The smallest absolute Gasteiger partial charge is 0.157 e. The number of halogens is 1. The van der Waals surface area contributed by atoms with Crippen LogP contribution < -0.4 is 0 Å². The van der Waals surface area contributed by atoms with Gasteiger partial charge in [-0.3, -0.25) is 0 Å². The third-order valence-electron chi connectivity index (χ3n) is 3.45. The van der Waals surface area contributed by atoms with Crippen molar-refractivity contribution in [3.63, 3.8) is 0 Å². The van der Waals surface area contributed by atoms with Crippen LogP contribution in [0.2, 0.25) is 0 Å². The van der Waals surface area contributed by atoms with Gasteiger partial charge in [-0.2, -0.15) is 0 Å². The molecule has 0 aliphatic carbocycles. The van der Waals surface area contributed by atoms with Crippen LogP contribution in [0.3, 0.4) is 0 Å². The van der Waals surface area contributed by atoms with Crippen molar-refractivity contribution in [3.8, 4) is 11.8 Å². The van der Waals surface area contributed by atoms with E-state index in [0.29, 0.717) is 6.42 Å². The van der Waals surface area contributed by atoms with Gasteiger partial charge in [0.25, 0.3) is 0 Å². The lowest BCUT2D eigenvalue weighted by Crippen LogP contribution is -2.25. The second-order valence-electron chi connectivity index (χ2n) is 6.25. The van der Waals surface area contributed by atoms with E-state index < -0.39 is 5.60 Å². The van der Waals surface area contributed by atoms with Crippen LogP contribution in [0.1, 0.15) is 58.6 Å². The molecule has 0 aliphatic rings. The minimum atomic E-state index is -1.10. The van der Waals surface area contributed by atoms with E-state index in [4.69, 9.17) is 0 Å². The largest absolute Gasteiger partial charge is 0.373 e. The molecule has 1 N–H and O–H groups in total. The monoisotopic (exact) mass is 348 g/mol. The summed E-state index contributed by atoms with van der Waals surface area (Å²) in [7, 11) is 0. The van der Waals surface area contributed by atoms with Gasteiger partial charge in [-0.1, -0.05) is 80.6 Å². The van der Waals surface area contributed by atoms with Crippen LogP contribution in [0, 0.1) is 11.8 Å². The summed E-state index contributed by atoms with van der Waals surface area (Å²) in [6, 6.07) is 8.24. The van der Waals surface area contributed by atoms with Crippen molar-refractivity contribution in [2.24, 2.45) is 0 Å². The van der Waals surface area contributed by atoms with Crippen LogP contribution in [0.4, 0.5) is 0 Å². The molecule has 0 saturated carbocycles. The number of benzene rings is 1. The maximum atomic E-state index is 10.6. The van der Waals surface area contributed by atoms with Gasteiger partial charge < -0.3 is 5.11 Å². The molecule has 1 aromatic rings. The molecular formula is C19H25BrO. The Labute approximate surface area is 137 Å². The molecule has 0 bridgehead atoms. The SMILES string of the molecule is CC/C=C(/Br)C(O)(C#Cc1ccc(C(C)(C)C)cc1)CC. The highest BCUT2D eigenvalue weighted by Gasteiger charge is 2.25. The zero-order chi connectivity index (χ0) is 16.1. The van der Waals surface area contributed by atoms with Gasteiger partial charge in [-0.15, -0.1) is 0 Å². The number of allylic oxidation sites excluding steroid dienone is 1. The molecule has 0 radical (unpaired) electrons. The summed E-state index contributed by atoms with van der Waals surface area (Å²) in [4.78, 5) is 0. The summed E-state index contributed by atoms with van der Waals surface area (Å²) in [6.45, 7) is 10.5. The lowest BCUT2D eigenvalue weighted by Gasteiger charge is -2.20. The average Bonchev–Trinajstić information content (AvgIpc) is 2.44. The van der Waals surface area contributed by atoms with Crippen molar-refractivity contribution in [1.29, 1.82) is 0 Å². The molecule has 1 unspecified atom stereocenters. The summed E-state index contributed by atoms with van der Waals surface area (Å²) in [5, 5.41) is 10.6. The minimum Gasteiger partial charge on any atom is -0.373 e. The van der Waals surface area contributed by atoms with Crippen LogP contribution in [-0.4, -0.2) is 10.7 Å². The molecule has 114 valence electrons. The first-order valence-corrected chi connectivity index (χ1v) is 8.24. The van der Waals surface area contributed by atoms with E-state index in [-0.39, 0.29) is 5.41 Å². The number of rotatable bonds is 3. The van der Waals surface area contributed by atoms with E-state index in [1.54, 1.807) is 0 Å². The lowest BCUT2D eigenvalue weighted by atomic mass is 9.87. The fourth-order valence-electron chi connectivity index (χ4n) is 1.89. The summed E-state index contributed by atoms with van der Waals surface area (Å²) in [5.41, 5.74) is 1.25. The zero-order valence-electron chi connectivity index (χ0n) is 13.6. The van der Waals surface area contributed by atoms with Gasteiger partial charge in [0, 0.05) is 10.0 Å². The molecule has 21 heavy (non-hydrogen) atoms. The molecule has 0 aromatic heterocycles. The van der Waals surface area contributed by atoms with Crippen molar-refractivity contribution in [1.82, 2.24) is 0 Å². The van der Waals surface area contributed by atoms with Gasteiger partial charge >= 0.3 is 0 Å². The van der Waals surface area contributed by atoms with Crippen molar-refractivity contribution in [2.45, 2.75) is 58.5 Å². The highest BCUT2D eigenvalue weighted by molar-refractivity contribution is 9.11. The summed E-state index contributed by atoms with van der Waals surface area (Å²) in [5.74, 6) is 6.08. The van der Waals surface area contributed by atoms with Gasteiger partial charge in [-0.25, -0.2) is 0 Å². The van der Waals surface area contributed by atoms with E-state index in [2.05, 4.69) is 60.7 Å². The maximum absolute atomic E-state index is 10.6. The van der Waals surface area contributed by atoms with Crippen LogP contribution in [0.15, 0.2) is 34.8 Å². The molecule has 0 aliphatic heterocycles. The fraction of sp³-hybridized carbons (Fsp3) is 0.474. The second kappa shape index (κ2) is 7.29. The number of hydrogen-bond donors (Lipinski definition) is 1. The maximum Gasteiger partial charge on any atom is 0.157 e. The first-order valence-electron chi connectivity index (χ1n) is 7.45. The topological polar surface area (TPSA) is 20.2 Å². The molecule has 1 atom stereocenters. The molecule has 2 heteroatoms. The minimum absolute atomic E-state index is 0.142. The Morgan fingerprint density at radius 2 is 1.76 bits per heavy atom. The fourth-order valence-corrected chi connectivity index (χ4v) is 2.60. The van der Waals surface area contributed by atoms with Crippen LogP contribution in [0.5, 0.6) is 0 Å². The lowest BCUT2D eigenvalue weighted by molar-refractivity contribution is 0.145. The summed E-state index contributed by atoms with van der Waals surface area (Å²) >= 11 is 3.44. The van der Waals surface area contributed by atoms with Crippen molar-refractivity contribution >= 4 is 15.9 Å². The Balaban J connectivity index is 3.03. The first-order chi connectivity index (χ1) is 9.73. The predicted octanol–water partition coefficient (Wildman–Crippen LogP) is 5.17. The van der Waals surface area contributed by atoms with E-state index in [0.717, 1.165) is 16.5 Å². The van der Waals surface area contributed by atoms with Gasteiger partial charge in [-0.05, 0) is 36.0 Å². The van der Waals surface area contributed by atoms with Gasteiger partial charge in [0.15, 0.2) is 5.60 Å². The Morgan fingerprint density at radius 1 is 1.19 bits per heavy atom. The molecule has 0 heterocycles. The molecule has 0 amide bonds. The average molecular weight is 349 g/mol. The molecule has 0 saturated heterocycles. The normalized spacial score (nSPS) is 15.1. The van der Waals surface area contributed by atoms with Gasteiger partial charge in [0.05, 0.1) is 0 Å². The zero-order valence-corrected chi connectivity index (χ0v) is 15.2. The van der Waals surface area contributed by atoms with E-state index in [9.17, 15) is 5.11 Å². The summed E-state index contributed by atoms with van der Waals surface area (Å²) < 4.78 is 0.749. The highest BCUT2D eigenvalue weighted by Crippen LogP contribution is 2.26. The van der Waals surface area contributed by atoms with Crippen LogP contribution in [0.25, 0.3) is 0 Å². The Morgan fingerprint density at radius 3 is 2.19 bits per heavy atom. The second-order valence-corrected chi connectivity index (χ2v) is 7.11. The molecule has 0 spiro atoms.